The molecule has 0 aromatic heterocycles. The fraction of sp³-hybridized carbons (Fsp3) is 0.333. The molecule has 2 aromatic rings. The molecule has 0 heterocycles. The van der Waals surface area contributed by atoms with E-state index in [0.717, 1.165) is 17.3 Å². The maximum atomic E-state index is 2.41. The molecule has 0 aliphatic carbocycles. The van der Waals surface area contributed by atoms with Crippen molar-refractivity contribution in [1.29, 1.82) is 0 Å². The molecule has 0 saturated carbocycles. The Hall–Kier alpha value is -0.830. The van der Waals surface area contributed by atoms with Crippen LogP contribution in [0, 0.1) is 0 Å². The summed E-state index contributed by atoms with van der Waals surface area (Å²) < 4.78 is 1.09. The van der Waals surface area contributed by atoms with Crippen molar-refractivity contribution in [2.45, 2.75) is 37.0 Å². The van der Waals surface area contributed by atoms with E-state index in [1.54, 1.807) is 0 Å². The van der Waals surface area contributed by atoms with Gasteiger partial charge in [-0.15, -0.1) is 0 Å². The highest BCUT2D eigenvalue weighted by molar-refractivity contribution is 14.1. The van der Waals surface area contributed by atoms with Gasteiger partial charge in [0.1, 0.15) is 0 Å². The summed E-state index contributed by atoms with van der Waals surface area (Å²) in [4.78, 5) is 0. The second-order valence-electron chi connectivity index (χ2n) is 5.02. The first-order valence-corrected chi connectivity index (χ1v) is 8.56. The topological polar surface area (TPSA) is 0 Å². The Morgan fingerprint density at radius 2 is 1.00 bits per heavy atom. The predicted molar refractivity (Wildman–Crippen MR) is 92.0 cm³/mol. The first-order chi connectivity index (χ1) is 9.31. The van der Waals surface area contributed by atoms with Crippen LogP contribution in [0.1, 0.15) is 35.6 Å². The summed E-state index contributed by atoms with van der Waals surface area (Å²) in [6.45, 7) is 2.23. The summed E-state index contributed by atoms with van der Waals surface area (Å²) >= 11 is 2.41. The van der Waals surface area contributed by atoms with Crippen molar-refractivity contribution in [2.24, 2.45) is 0 Å². The molecule has 0 atom stereocenters. The standard InChI is InChI=1S/C18H21I/c1-2-3-15-4-6-16(7-5-15)8-9-17-10-12-18(14-19)13-11-17/h4-7,10-13H,2-3,8-9,14H2,1H3. The van der Waals surface area contributed by atoms with Crippen LogP contribution in [0.5, 0.6) is 0 Å². The Kier molecular flexibility index (Phi) is 5.90. The van der Waals surface area contributed by atoms with Crippen LogP contribution >= 0.6 is 22.6 Å². The molecule has 0 bridgehead atoms. The van der Waals surface area contributed by atoms with E-state index in [0.29, 0.717) is 0 Å². The Bertz CT molecular complexity index is 482. The molecule has 0 aliphatic rings. The third kappa shape index (κ3) is 4.64. The Morgan fingerprint density at radius 3 is 1.37 bits per heavy atom. The monoisotopic (exact) mass is 364 g/mol. The van der Waals surface area contributed by atoms with Gasteiger partial charge >= 0.3 is 0 Å². The second kappa shape index (κ2) is 7.68. The van der Waals surface area contributed by atoms with Crippen LogP contribution in [0.2, 0.25) is 0 Å². The van der Waals surface area contributed by atoms with Crippen LogP contribution in [-0.2, 0) is 23.7 Å². The zero-order valence-electron chi connectivity index (χ0n) is 11.5. The maximum absolute atomic E-state index is 2.41. The average molecular weight is 364 g/mol. The molecule has 0 unspecified atom stereocenters. The Labute approximate surface area is 130 Å². The van der Waals surface area contributed by atoms with Crippen LogP contribution in [0.15, 0.2) is 48.5 Å². The van der Waals surface area contributed by atoms with E-state index in [2.05, 4.69) is 78.0 Å². The highest BCUT2D eigenvalue weighted by Crippen LogP contribution is 2.12. The lowest BCUT2D eigenvalue weighted by Crippen LogP contribution is -1.92. The zero-order valence-corrected chi connectivity index (χ0v) is 13.7. The summed E-state index contributed by atoms with van der Waals surface area (Å²) in [7, 11) is 0. The molecule has 0 nitrogen and oxygen atoms in total. The molecule has 0 spiro atoms. The minimum Gasteiger partial charge on any atom is -0.0812 e. The molecule has 19 heavy (non-hydrogen) atoms. The van der Waals surface area contributed by atoms with Crippen molar-refractivity contribution >= 4 is 22.6 Å². The molecule has 0 aliphatic heterocycles. The summed E-state index contributed by atoms with van der Waals surface area (Å²) in [5.41, 5.74) is 5.75. The molecule has 0 N–H and O–H groups in total. The van der Waals surface area contributed by atoms with Gasteiger partial charge in [-0.2, -0.15) is 0 Å². The van der Waals surface area contributed by atoms with Gasteiger partial charge in [0, 0.05) is 4.43 Å². The van der Waals surface area contributed by atoms with Gasteiger partial charge in [0.05, 0.1) is 0 Å². The van der Waals surface area contributed by atoms with Gasteiger partial charge in [0.15, 0.2) is 0 Å². The largest absolute Gasteiger partial charge is 0.0812 e. The van der Waals surface area contributed by atoms with Crippen LogP contribution in [0.25, 0.3) is 0 Å². The van der Waals surface area contributed by atoms with Gasteiger partial charge in [0.2, 0.25) is 0 Å². The normalized spacial score (nSPS) is 10.6. The summed E-state index contributed by atoms with van der Waals surface area (Å²) in [5.74, 6) is 0. The minimum atomic E-state index is 1.09. The third-order valence-corrected chi connectivity index (χ3v) is 4.32. The lowest BCUT2D eigenvalue weighted by atomic mass is 10.0. The molecular formula is C18H21I. The average Bonchev–Trinajstić information content (AvgIpc) is 2.47. The summed E-state index contributed by atoms with van der Waals surface area (Å²) in [6.07, 6.45) is 4.69. The van der Waals surface area contributed by atoms with Crippen molar-refractivity contribution in [1.82, 2.24) is 0 Å². The minimum absolute atomic E-state index is 1.09. The van der Waals surface area contributed by atoms with Gasteiger partial charge in [-0.1, -0.05) is 84.5 Å². The van der Waals surface area contributed by atoms with Crippen LogP contribution < -0.4 is 0 Å². The smallest absolute Gasteiger partial charge is 0.0247 e. The van der Waals surface area contributed by atoms with Crippen molar-refractivity contribution in [3.63, 3.8) is 0 Å². The molecule has 0 saturated heterocycles. The van der Waals surface area contributed by atoms with Crippen LogP contribution in [0.3, 0.4) is 0 Å². The maximum Gasteiger partial charge on any atom is 0.0247 e. The molecular weight excluding hydrogens is 343 g/mol. The highest BCUT2D eigenvalue weighted by atomic mass is 127. The van der Waals surface area contributed by atoms with Gasteiger partial charge in [-0.3, -0.25) is 0 Å². The lowest BCUT2D eigenvalue weighted by Gasteiger charge is -2.05. The molecule has 0 radical (unpaired) electrons. The van der Waals surface area contributed by atoms with Crippen molar-refractivity contribution < 1.29 is 0 Å². The summed E-state index contributed by atoms with van der Waals surface area (Å²) in [6, 6.07) is 18.1. The number of hydrogen-bond acceptors (Lipinski definition) is 0. The summed E-state index contributed by atoms with van der Waals surface area (Å²) in [5, 5.41) is 0. The van der Waals surface area contributed by atoms with E-state index >= 15 is 0 Å². The van der Waals surface area contributed by atoms with Crippen LogP contribution in [0.4, 0.5) is 0 Å². The predicted octanol–water partition coefficient (Wildman–Crippen LogP) is 5.36. The van der Waals surface area contributed by atoms with E-state index < -0.39 is 0 Å². The van der Waals surface area contributed by atoms with Crippen molar-refractivity contribution in [2.75, 3.05) is 0 Å². The van der Waals surface area contributed by atoms with Gasteiger partial charge in [-0.05, 0) is 41.5 Å². The molecule has 2 rings (SSSR count). The van der Waals surface area contributed by atoms with Crippen molar-refractivity contribution in [3.05, 3.63) is 70.8 Å². The van der Waals surface area contributed by atoms with Gasteiger partial charge in [0.25, 0.3) is 0 Å². The van der Waals surface area contributed by atoms with Crippen molar-refractivity contribution in [3.8, 4) is 0 Å². The highest BCUT2D eigenvalue weighted by Gasteiger charge is 1.97. The van der Waals surface area contributed by atoms with E-state index in [-0.39, 0.29) is 0 Å². The molecule has 1 heteroatoms. The van der Waals surface area contributed by atoms with Crippen LogP contribution in [-0.4, -0.2) is 0 Å². The molecule has 0 amide bonds. The number of aryl methyl sites for hydroxylation is 3. The lowest BCUT2D eigenvalue weighted by molar-refractivity contribution is 0.914. The fourth-order valence-electron chi connectivity index (χ4n) is 2.24. The molecule has 2 aromatic carbocycles. The SMILES string of the molecule is CCCc1ccc(CCc2ccc(CI)cc2)cc1. The number of halogens is 1. The first kappa shape index (κ1) is 14.6. The van der Waals surface area contributed by atoms with Gasteiger partial charge < -0.3 is 0 Å². The molecule has 0 fully saturated rings. The number of benzene rings is 2. The first-order valence-electron chi connectivity index (χ1n) is 7.03. The fourth-order valence-corrected chi connectivity index (χ4v) is 2.75. The van der Waals surface area contributed by atoms with E-state index in [4.69, 9.17) is 0 Å². The zero-order chi connectivity index (χ0) is 13.5. The van der Waals surface area contributed by atoms with E-state index in [9.17, 15) is 0 Å². The Morgan fingerprint density at radius 1 is 0.632 bits per heavy atom. The third-order valence-electron chi connectivity index (χ3n) is 3.44. The molecule has 100 valence electrons. The second-order valence-corrected chi connectivity index (χ2v) is 5.78. The quantitative estimate of drug-likeness (QED) is 0.478. The number of alkyl halides is 1. The van der Waals surface area contributed by atoms with E-state index in [1.807, 2.05) is 0 Å². The number of hydrogen-bond donors (Lipinski definition) is 0. The number of rotatable bonds is 6. The van der Waals surface area contributed by atoms with E-state index in [1.165, 1.54) is 35.1 Å². The van der Waals surface area contributed by atoms with Gasteiger partial charge in [-0.25, -0.2) is 0 Å². The Balaban J connectivity index is 1.90.